The maximum atomic E-state index is 6.06. The van der Waals surface area contributed by atoms with E-state index < -0.39 is 0 Å². The van der Waals surface area contributed by atoms with Crippen LogP contribution in [0.2, 0.25) is 10.0 Å². The zero-order chi connectivity index (χ0) is 13.9. The molecule has 1 aromatic heterocycles. The fourth-order valence-electron chi connectivity index (χ4n) is 2.17. The number of fused-ring (bicyclic) bond motifs is 1. The number of halogens is 2. The number of hydrogen-bond donors (Lipinski definition) is 0. The van der Waals surface area contributed by atoms with Crippen LogP contribution in [0.1, 0.15) is 16.7 Å². The van der Waals surface area contributed by atoms with Gasteiger partial charge in [-0.25, -0.2) is 0 Å². The summed E-state index contributed by atoms with van der Waals surface area (Å²) in [6.07, 6.45) is 4.08. The van der Waals surface area contributed by atoms with Crippen molar-refractivity contribution in [2.24, 2.45) is 0 Å². The fraction of sp³-hybridized carbons (Fsp3) is 0.267. The molecule has 3 nitrogen and oxygen atoms in total. The third-order valence-corrected chi connectivity index (χ3v) is 3.94. The molecule has 3 rings (SSSR count). The van der Waals surface area contributed by atoms with Crippen LogP contribution in [-0.2, 0) is 24.4 Å². The van der Waals surface area contributed by atoms with Crippen LogP contribution in [0.3, 0.4) is 0 Å². The van der Waals surface area contributed by atoms with Crippen molar-refractivity contribution in [2.75, 3.05) is 6.61 Å². The van der Waals surface area contributed by atoms with Crippen LogP contribution >= 0.6 is 23.2 Å². The molecule has 1 aromatic carbocycles. The SMILES string of the molecule is Clc1cncc(Cl)c1COc1ccc2c(c1)COCC2. The summed E-state index contributed by atoms with van der Waals surface area (Å²) in [4.78, 5) is 3.92. The van der Waals surface area contributed by atoms with Gasteiger partial charge in [-0.2, -0.15) is 0 Å². The zero-order valence-corrected chi connectivity index (χ0v) is 12.2. The molecule has 0 spiro atoms. The zero-order valence-electron chi connectivity index (χ0n) is 10.7. The normalized spacial score (nSPS) is 13.9. The van der Waals surface area contributed by atoms with Crippen LogP contribution < -0.4 is 4.74 Å². The van der Waals surface area contributed by atoms with E-state index in [0.717, 1.165) is 24.3 Å². The average Bonchev–Trinajstić information content (AvgIpc) is 2.46. The molecule has 0 fully saturated rings. The highest BCUT2D eigenvalue weighted by Gasteiger charge is 2.11. The lowest BCUT2D eigenvalue weighted by Crippen LogP contribution is -2.09. The van der Waals surface area contributed by atoms with Gasteiger partial charge in [0.2, 0.25) is 0 Å². The van der Waals surface area contributed by atoms with Crippen molar-refractivity contribution >= 4 is 23.2 Å². The first-order valence-corrected chi connectivity index (χ1v) is 7.10. The Kier molecular flexibility index (Phi) is 4.10. The van der Waals surface area contributed by atoms with Gasteiger partial charge in [0, 0.05) is 18.0 Å². The number of pyridine rings is 1. The van der Waals surface area contributed by atoms with Gasteiger partial charge in [-0.3, -0.25) is 4.98 Å². The van der Waals surface area contributed by atoms with E-state index in [1.807, 2.05) is 12.1 Å². The highest BCUT2D eigenvalue weighted by Crippen LogP contribution is 2.26. The standard InChI is InChI=1S/C15H13Cl2NO2/c16-14-6-18-7-15(17)13(14)9-20-12-2-1-10-3-4-19-8-11(10)5-12/h1-2,5-7H,3-4,8-9H2. The summed E-state index contributed by atoms with van der Waals surface area (Å²) in [6, 6.07) is 6.06. The average molecular weight is 310 g/mol. The van der Waals surface area contributed by atoms with Crippen LogP contribution in [0.15, 0.2) is 30.6 Å². The van der Waals surface area contributed by atoms with Crippen molar-refractivity contribution in [3.8, 4) is 5.75 Å². The molecular weight excluding hydrogens is 297 g/mol. The highest BCUT2D eigenvalue weighted by molar-refractivity contribution is 6.35. The van der Waals surface area contributed by atoms with Gasteiger partial charge in [-0.05, 0) is 29.7 Å². The lowest BCUT2D eigenvalue weighted by Gasteiger charge is -2.17. The third-order valence-electron chi connectivity index (χ3n) is 3.29. The molecule has 104 valence electrons. The smallest absolute Gasteiger partial charge is 0.120 e. The largest absolute Gasteiger partial charge is 0.489 e. The van der Waals surface area contributed by atoms with E-state index in [1.54, 1.807) is 12.4 Å². The molecule has 0 amide bonds. The second kappa shape index (κ2) is 6.00. The monoisotopic (exact) mass is 309 g/mol. The van der Waals surface area contributed by atoms with Crippen LogP contribution in [0.4, 0.5) is 0 Å². The van der Waals surface area contributed by atoms with Gasteiger partial charge in [-0.1, -0.05) is 29.3 Å². The topological polar surface area (TPSA) is 31.4 Å². The Hall–Kier alpha value is -1.29. The van der Waals surface area contributed by atoms with E-state index in [-0.39, 0.29) is 0 Å². The highest BCUT2D eigenvalue weighted by atomic mass is 35.5. The van der Waals surface area contributed by atoms with Crippen molar-refractivity contribution < 1.29 is 9.47 Å². The number of rotatable bonds is 3. The van der Waals surface area contributed by atoms with Crippen LogP contribution in [-0.4, -0.2) is 11.6 Å². The molecule has 0 radical (unpaired) electrons. The van der Waals surface area contributed by atoms with Gasteiger partial charge in [0.15, 0.2) is 0 Å². The minimum absolute atomic E-state index is 0.319. The van der Waals surface area contributed by atoms with Gasteiger partial charge >= 0.3 is 0 Å². The van der Waals surface area contributed by atoms with Crippen molar-refractivity contribution in [1.82, 2.24) is 4.98 Å². The molecule has 2 heterocycles. The molecule has 0 atom stereocenters. The molecule has 20 heavy (non-hydrogen) atoms. The summed E-state index contributed by atoms with van der Waals surface area (Å²) in [5.41, 5.74) is 3.25. The fourth-order valence-corrected chi connectivity index (χ4v) is 2.64. The molecule has 1 aliphatic heterocycles. The lowest BCUT2D eigenvalue weighted by atomic mass is 10.0. The van der Waals surface area contributed by atoms with Crippen LogP contribution in [0, 0.1) is 0 Å². The van der Waals surface area contributed by atoms with Gasteiger partial charge in [0.25, 0.3) is 0 Å². The van der Waals surface area contributed by atoms with E-state index in [4.69, 9.17) is 32.7 Å². The summed E-state index contributed by atoms with van der Waals surface area (Å²) < 4.78 is 11.2. The molecule has 0 aliphatic carbocycles. The summed E-state index contributed by atoms with van der Waals surface area (Å²) in [6.45, 7) is 1.75. The van der Waals surface area contributed by atoms with Gasteiger partial charge in [-0.15, -0.1) is 0 Å². The summed E-state index contributed by atoms with van der Waals surface area (Å²) in [5.74, 6) is 0.790. The minimum Gasteiger partial charge on any atom is -0.489 e. The molecule has 1 aliphatic rings. The molecule has 0 saturated heterocycles. The number of aromatic nitrogens is 1. The number of ether oxygens (including phenoxy) is 2. The predicted octanol–water partition coefficient (Wildman–Crippen LogP) is 4.04. The Labute approximate surface area is 127 Å². The Bertz CT molecular complexity index is 611. The van der Waals surface area contributed by atoms with E-state index in [0.29, 0.717) is 23.3 Å². The van der Waals surface area contributed by atoms with E-state index >= 15 is 0 Å². The van der Waals surface area contributed by atoms with Crippen molar-refractivity contribution in [3.63, 3.8) is 0 Å². The quantitative estimate of drug-likeness (QED) is 0.857. The van der Waals surface area contributed by atoms with Gasteiger partial charge in [0.05, 0.1) is 23.3 Å². The molecule has 2 aromatic rings. The summed E-state index contributed by atoms with van der Waals surface area (Å²) in [7, 11) is 0. The summed E-state index contributed by atoms with van der Waals surface area (Å²) >= 11 is 12.1. The van der Waals surface area contributed by atoms with Crippen LogP contribution in [0.25, 0.3) is 0 Å². The molecule has 5 heteroatoms. The first-order valence-electron chi connectivity index (χ1n) is 6.34. The van der Waals surface area contributed by atoms with Crippen molar-refractivity contribution in [1.29, 1.82) is 0 Å². The number of nitrogens with zero attached hydrogens (tertiary/aromatic N) is 1. The van der Waals surface area contributed by atoms with Crippen LogP contribution in [0.5, 0.6) is 5.75 Å². The third kappa shape index (κ3) is 2.90. The van der Waals surface area contributed by atoms with Crippen molar-refractivity contribution in [2.45, 2.75) is 19.6 Å². The number of benzene rings is 1. The Morgan fingerprint density at radius 2 is 1.95 bits per heavy atom. The first kappa shape index (κ1) is 13.7. The molecule has 0 bridgehead atoms. The van der Waals surface area contributed by atoms with E-state index in [2.05, 4.69) is 11.1 Å². The van der Waals surface area contributed by atoms with Gasteiger partial charge in [0.1, 0.15) is 12.4 Å². The molecular formula is C15H13Cl2NO2. The van der Waals surface area contributed by atoms with E-state index in [1.165, 1.54) is 11.1 Å². The molecule has 0 N–H and O–H groups in total. The predicted molar refractivity (Wildman–Crippen MR) is 78.4 cm³/mol. The Morgan fingerprint density at radius 1 is 1.15 bits per heavy atom. The second-order valence-electron chi connectivity index (χ2n) is 4.60. The maximum absolute atomic E-state index is 6.06. The molecule has 0 unspecified atom stereocenters. The van der Waals surface area contributed by atoms with E-state index in [9.17, 15) is 0 Å². The second-order valence-corrected chi connectivity index (χ2v) is 5.42. The Morgan fingerprint density at radius 3 is 2.75 bits per heavy atom. The Balaban J connectivity index is 1.75. The lowest BCUT2D eigenvalue weighted by molar-refractivity contribution is 0.110. The number of hydrogen-bond acceptors (Lipinski definition) is 3. The first-order chi connectivity index (χ1) is 9.74. The maximum Gasteiger partial charge on any atom is 0.120 e. The van der Waals surface area contributed by atoms with Gasteiger partial charge < -0.3 is 9.47 Å². The minimum atomic E-state index is 0.319. The summed E-state index contributed by atoms with van der Waals surface area (Å²) in [5, 5.41) is 1.03. The molecule has 0 saturated carbocycles. The van der Waals surface area contributed by atoms with Crippen molar-refractivity contribution in [3.05, 3.63) is 57.3 Å².